The van der Waals surface area contributed by atoms with E-state index in [1.165, 1.54) is 0 Å². The van der Waals surface area contributed by atoms with Crippen molar-refractivity contribution >= 4 is 35.7 Å². The number of aryl methyl sites for hydroxylation is 1. The van der Waals surface area contributed by atoms with Gasteiger partial charge in [0.05, 0.1) is 12.1 Å². The first kappa shape index (κ1) is 21.7. The Morgan fingerprint density at radius 1 is 1.14 bits per heavy atom. The van der Waals surface area contributed by atoms with Crippen molar-refractivity contribution in [2.24, 2.45) is 13.0 Å². The molecule has 152 valence electrons. The number of amides is 3. The number of nitrogens with zero attached hydrogens (tertiary/aromatic N) is 2. The third-order valence-electron chi connectivity index (χ3n) is 4.53. The molecular weight excluding hydrogens is 380 g/mol. The Kier molecular flexibility index (Phi) is 7.42. The van der Waals surface area contributed by atoms with E-state index in [0.717, 1.165) is 12.1 Å². The number of anilines is 2. The van der Waals surface area contributed by atoms with Crippen LogP contribution >= 0.6 is 12.4 Å². The van der Waals surface area contributed by atoms with Crippen LogP contribution in [-0.4, -0.2) is 40.9 Å². The summed E-state index contributed by atoms with van der Waals surface area (Å²) in [5.74, 6) is -0.0599. The van der Waals surface area contributed by atoms with Gasteiger partial charge in [-0.2, -0.15) is 5.10 Å². The molecule has 0 aliphatic carbocycles. The minimum absolute atomic E-state index is 0. The van der Waals surface area contributed by atoms with E-state index in [2.05, 4.69) is 26.4 Å². The first-order valence-corrected chi connectivity index (χ1v) is 9.10. The first-order valence-electron chi connectivity index (χ1n) is 9.10. The van der Waals surface area contributed by atoms with Crippen LogP contribution in [0.1, 0.15) is 25.3 Å². The fourth-order valence-corrected chi connectivity index (χ4v) is 3.24. The molecule has 9 heteroatoms. The Bertz CT molecular complexity index is 805. The Balaban J connectivity index is 0.00000280. The highest BCUT2D eigenvalue weighted by Gasteiger charge is 2.34. The molecule has 1 saturated heterocycles. The number of hydrogen-bond acceptors (Lipinski definition) is 4. The molecule has 4 N–H and O–H groups in total. The monoisotopic (exact) mass is 406 g/mol. The van der Waals surface area contributed by atoms with Gasteiger partial charge in [0, 0.05) is 49.7 Å². The minimum atomic E-state index is -0.252. The summed E-state index contributed by atoms with van der Waals surface area (Å²) in [6.07, 6.45) is 3.78. The van der Waals surface area contributed by atoms with Crippen LogP contribution in [0.25, 0.3) is 0 Å². The van der Waals surface area contributed by atoms with E-state index in [1.807, 2.05) is 33.3 Å². The number of urea groups is 1. The van der Waals surface area contributed by atoms with Crippen molar-refractivity contribution in [2.45, 2.75) is 25.8 Å². The van der Waals surface area contributed by atoms with Crippen molar-refractivity contribution in [1.29, 1.82) is 0 Å². The van der Waals surface area contributed by atoms with E-state index in [0.29, 0.717) is 17.9 Å². The highest BCUT2D eigenvalue weighted by Crippen LogP contribution is 2.29. The Morgan fingerprint density at radius 3 is 2.36 bits per heavy atom. The lowest BCUT2D eigenvalue weighted by Gasteiger charge is -2.17. The van der Waals surface area contributed by atoms with E-state index >= 15 is 0 Å². The number of hydrogen-bond donors (Lipinski definition) is 4. The van der Waals surface area contributed by atoms with Gasteiger partial charge in [0.25, 0.3) is 0 Å². The molecule has 1 aromatic heterocycles. The van der Waals surface area contributed by atoms with Crippen LogP contribution in [-0.2, 0) is 11.8 Å². The van der Waals surface area contributed by atoms with Crippen molar-refractivity contribution in [3.8, 4) is 0 Å². The summed E-state index contributed by atoms with van der Waals surface area (Å²) in [7, 11) is 1.87. The maximum atomic E-state index is 12.7. The van der Waals surface area contributed by atoms with Crippen molar-refractivity contribution in [1.82, 2.24) is 20.4 Å². The van der Waals surface area contributed by atoms with E-state index in [4.69, 9.17) is 0 Å². The summed E-state index contributed by atoms with van der Waals surface area (Å²) >= 11 is 0. The largest absolute Gasteiger partial charge is 0.336 e. The second kappa shape index (κ2) is 9.57. The topological polar surface area (TPSA) is 100 Å². The zero-order valence-electron chi connectivity index (χ0n) is 16.2. The van der Waals surface area contributed by atoms with Gasteiger partial charge in [-0.3, -0.25) is 9.48 Å². The van der Waals surface area contributed by atoms with Crippen LogP contribution in [0.15, 0.2) is 36.7 Å². The predicted octanol–water partition coefficient (Wildman–Crippen LogP) is 2.31. The molecule has 3 amide bonds. The third-order valence-corrected chi connectivity index (χ3v) is 4.53. The summed E-state index contributed by atoms with van der Waals surface area (Å²) in [5, 5.41) is 16.0. The number of nitrogens with one attached hydrogen (secondary N) is 4. The van der Waals surface area contributed by atoms with Gasteiger partial charge in [0.1, 0.15) is 0 Å². The SMILES string of the molecule is CC(C)NC(=O)Nc1ccc(NC(=O)[C@H]2CNC[C@@H]2c2cnn(C)c2)cc1.Cl. The lowest BCUT2D eigenvalue weighted by Crippen LogP contribution is -2.34. The molecule has 0 unspecified atom stereocenters. The first-order chi connectivity index (χ1) is 12.9. The summed E-state index contributed by atoms with van der Waals surface area (Å²) in [6.45, 7) is 5.20. The second-order valence-corrected chi connectivity index (χ2v) is 7.14. The number of carbonyl (C=O) groups is 2. The van der Waals surface area contributed by atoms with Crippen molar-refractivity contribution in [2.75, 3.05) is 23.7 Å². The molecule has 2 atom stereocenters. The van der Waals surface area contributed by atoms with E-state index < -0.39 is 0 Å². The van der Waals surface area contributed by atoms with E-state index in [-0.39, 0.29) is 42.2 Å². The fraction of sp³-hybridized carbons (Fsp3) is 0.421. The third kappa shape index (κ3) is 5.46. The maximum absolute atomic E-state index is 12.7. The molecule has 0 saturated carbocycles. The summed E-state index contributed by atoms with van der Waals surface area (Å²) < 4.78 is 1.75. The molecule has 1 aromatic carbocycles. The number of rotatable bonds is 5. The molecule has 1 aliphatic rings. The predicted molar refractivity (Wildman–Crippen MR) is 112 cm³/mol. The van der Waals surface area contributed by atoms with Gasteiger partial charge in [-0.1, -0.05) is 0 Å². The second-order valence-electron chi connectivity index (χ2n) is 7.14. The lowest BCUT2D eigenvalue weighted by molar-refractivity contribution is -0.119. The van der Waals surface area contributed by atoms with Gasteiger partial charge < -0.3 is 21.3 Å². The quantitative estimate of drug-likeness (QED) is 0.612. The number of benzene rings is 1. The van der Waals surface area contributed by atoms with Crippen molar-refractivity contribution in [3.63, 3.8) is 0 Å². The number of carbonyl (C=O) groups excluding carboxylic acids is 2. The average Bonchev–Trinajstić information content (AvgIpc) is 3.24. The van der Waals surface area contributed by atoms with Crippen LogP contribution in [0, 0.1) is 5.92 Å². The van der Waals surface area contributed by atoms with Crippen LogP contribution < -0.4 is 21.3 Å². The molecule has 1 fully saturated rings. The molecule has 28 heavy (non-hydrogen) atoms. The van der Waals surface area contributed by atoms with Crippen molar-refractivity contribution < 1.29 is 9.59 Å². The number of halogens is 1. The van der Waals surface area contributed by atoms with E-state index in [9.17, 15) is 9.59 Å². The number of aromatic nitrogens is 2. The Hall–Kier alpha value is -2.58. The highest BCUT2D eigenvalue weighted by molar-refractivity contribution is 5.94. The Morgan fingerprint density at radius 2 is 1.79 bits per heavy atom. The van der Waals surface area contributed by atoms with Gasteiger partial charge in [-0.15, -0.1) is 12.4 Å². The van der Waals surface area contributed by atoms with Gasteiger partial charge in [0.2, 0.25) is 5.91 Å². The fourth-order valence-electron chi connectivity index (χ4n) is 3.24. The molecule has 2 heterocycles. The van der Waals surface area contributed by atoms with Crippen LogP contribution in [0.5, 0.6) is 0 Å². The maximum Gasteiger partial charge on any atom is 0.319 e. The average molecular weight is 407 g/mol. The highest BCUT2D eigenvalue weighted by atomic mass is 35.5. The molecule has 8 nitrogen and oxygen atoms in total. The summed E-state index contributed by atoms with van der Waals surface area (Å²) in [6, 6.07) is 6.91. The zero-order chi connectivity index (χ0) is 19.4. The van der Waals surface area contributed by atoms with Gasteiger partial charge >= 0.3 is 6.03 Å². The summed E-state index contributed by atoms with van der Waals surface area (Å²) in [4.78, 5) is 24.5. The lowest BCUT2D eigenvalue weighted by atomic mass is 9.90. The zero-order valence-corrected chi connectivity index (χ0v) is 17.0. The molecule has 0 bridgehead atoms. The summed E-state index contributed by atoms with van der Waals surface area (Å²) in [5.41, 5.74) is 2.44. The molecule has 2 aromatic rings. The van der Waals surface area contributed by atoms with Gasteiger partial charge in [-0.25, -0.2) is 4.79 Å². The normalized spacial score (nSPS) is 18.4. The Labute approximate surface area is 170 Å². The molecular formula is C19H27ClN6O2. The molecule has 0 radical (unpaired) electrons. The molecule has 3 rings (SSSR count). The molecule has 1 aliphatic heterocycles. The van der Waals surface area contributed by atoms with Crippen LogP contribution in [0.3, 0.4) is 0 Å². The minimum Gasteiger partial charge on any atom is -0.336 e. The van der Waals surface area contributed by atoms with Gasteiger partial charge in [0.15, 0.2) is 0 Å². The standard InChI is InChI=1S/C19H26N6O2.ClH/c1-12(2)22-19(27)24-15-6-4-14(5-7-15)23-18(26)17-10-20-9-16(17)13-8-21-25(3)11-13;/h4-8,11-12,16-17,20H,9-10H2,1-3H3,(H,23,26)(H2,22,24,27);1H/t16-,17+;/m1./s1. The smallest absolute Gasteiger partial charge is 0.319 e. The van der Waals surface area contributed by atoms with E-state index in [1.54, 1.807) is 28.9 Å². The molecule has 0 spiro atoms. The van der Waals surface area contributed by atoms with Crippen molar-refractivity contribution in [3.05, 3.63) is 42.2 Å². The van der Waals surface area contributed by atoms with Crippen LogP contribution in [0.4, 0.5) is 16.2 Å². The van der Waals surface area contributed by atoms with Crippen LogP contribution in [0.2, 0.25) is 0 Å². The van der Waals surface area contributed by atoms with Gasteiger partial charge in [-0.05, 0) is 43.7 Å².